The number of likely N-dealkylation sites (N-methyl/N-ethyl adjacent to an activating group) is 1. The smallest absolute Gasteiger partial charge is 0.0615 e. The van der Waals surface area contributed by atoms with E-state index in [-0.39, 0.29) is 6.04 Å². The van der Waals surface area contributed by atoms with E-state index >= 15 is 0 Å². The fourth-order valence-corrected chi connectivity index (χ4v) is 1.96. The molecule has 5 nitrogen and oxygen atoms in total. The Labute approximate surface area is 104 Å². The minimum Gasteiger partial charge on any atom is -0.383 e. The van der Waals surface area contributed by atoms with Crippen molar-refractivity contribution >= 4 is 0 Å². The van der Waals surface area contributed by atoms with E-state index in [0.717, 1.165) is 25.3 Å². The molecular weight excluding hydrogens is 216 g/mol. The van der Waals surface area contributed by atoms with Gasteiger partial charge in [0.25, 0.3) is 0 Å². The van der Waals surface area contributed by atoms with E-state index in [4.69, 9.17) is 10.5 Å². The zero-order valence-corrected chi connectivity index (χ0v) is 11.3. The van der Waals surface area contributed by atoms with Crippen LogP contribution < -0.4 is 5.73 Å². The van der Waals surface area contributed by atoms with Crippen molar-refractivity contribution in [1.82, 2.24) is 14.7 Å². The second-order valence-electron chi connectivity index (χ2n) is 4.45. The molecule has 0 aliphatic rings. The summed E-state index contributed by atoms with van der Waals surface area (Å²) in [4.78, 5) is 2.32. The molecule has 0 radical (unpaired) electrons. The molecule has 1 heterocycles. The van der Waals surface area contributed by atoms with E-state index in [1.807, 2.05) is 19.4 Å². The highest BCUT2D eigenvalue weighted by Gasteiger charge is 2.17. The summed E-state index contributed by atoms with van der Waals surface area (Å²) in [6.45, 7) is 6.82. The summed E-state index contributed by atoms with van der Waals surface area (Å²) in [6, 6.07) is 0.385. The SMILES string of the molecule is CCN(CC(N)c1cnn(C)c1)C(C)COC. The lowest BCUT2D eigenvalue weighted by atomic mass is 10.1. The van der Waals surface area contributed by atoms with E-state index in [1.54, 1.807) is 11.8 Å². The third-order valence-electron chi connectivity index (χ3n) is 3.02. The third-order valence-corrected chi connectivity index (χ3v) is 3.02. The Morgan fingerprint density at radius 1 is 1.59 bits per heavy atom. The van der Waals surface area contributed by atoms with Crippen molar-refractivity contribution in [1.29, 1.82) is 0 Å². The van der Waals surface area contributed by atoms with E-state index in [1.165, 1.54) is 0 Å². The molecule has 98 valence electrons. The molecule has 0 bridgehead atoms. The molecule has 0 aliphatic heterocycles. The number of ether oxygens (including phenoxy) is 1. The van der Waals surface area contributed by atoms with Gasteiger partial charge in [0.05, 0.1) is 12.8 Å². The Balaban J connectivity index is 2.55. The molecule has 2 atom stereocenters. The summed E-state index contributed by atoms with van der Waals surface area (Å²) in [6.07, 6.45) is 3.80. The van der Waals surface area contributed by atoms with Crippen LogP contribution in [0.1, 0.15) is 25.5 Å². The van der Waals surface area contributed by atoms with E-state index in [9.17, 15) is 0 Å². The summed E-state index contributed by atoms with van der Waals surface area (Å²) in [5.41, 5.74) is 7.26. The van der Waals surface area contributed by atoms with E-state index in [2.05, 4.69) is 23.8 Å². The van der Waals surface area contributed by atoms with Crippen molar-refractivity contribution in [2.24, 2.45) is 12.8 Å². The van der Waals surface area contributed by atoms with Crippen LogP contribution >= 0.6 is 0 Å². The maximum atomic E-state index is 6.18. The average Bonchev–Trinajstić information content (AvgIpc) is 2.72. The van der Waals surface area contributed by atoms with Crippen LogP contribution in [0.2, 0.25) is 0 Å². The summed E-state index contributed by atoms with van der Waals surface area (Å²) >= 11 is 0. The van der Waals surface area contributed by atoms with Gasteiger partial charge in [-0.15, -0.1) is 0 Å². The third kappa shape index (κ3) is 4.11. The normalized spacial score (nSPS) is 15.2. The molecule has 0 saturated heterocycles. The Kier molecular flexibility index (Phi) is 5.61. The molecule has 1 aromatic heterocycles. The van der Waals surface area contributed by atoms with Gasteiger partial charge in [-0.2, -0.15) is 5.10 Å². The van der Waals surface area contributed by atoms with Gasteiger partial charge in [-0.05, 0) is 13.5 Å². The first kappa shape index (κ1) is 14.2. The largest absolute Gasteiger partial charge is 0.383 e. The first-order valence-corrected chi connectivity index (χ1v) is 6.05. The van der Waals surface area contributed by atoms with Crippen LogP contribution in [0, 0.1) is 0 Å². The minimum absolute atomic E-state index is 0.00274. The molecule has 2 unspecified atom stereocenters. The van der Waals surface area contributed by atoms with Crippen molar-refractivity contribution in [3.05, 3.63) is 18.0 Å². The molecule has 0 saturated carbocycles. The van der Waals surface area contributed by atoms with Crippen molar-refractivity contribution in [3.63, 3.8) is 0 Å². The summed E-state index contributed by atoms with van der Waals surface area (Å²) in [5.74, 6) is 0. The van der Waals surface area contributed by atoms with Crippen LogP contribution in [0.3, 0.4) is 0 Å². The molecule has 0 fully saturated rings. The number of rotatable bonds is 7. The van der Waals surface area contributed by atoms with Gasteiger partial charge in [-0.3, -0.25) is 9.58 Å². The highest BCUT2D eigenvalue weighted by molar-refractivity contribution is 5.10. The van der Waals surface area contributed by atoms with Crippen LogP contribution in [0.15, 0.2) is 12.4 Å². The molecule has 2 N–H and O–H groups in total. The van der Waals surface area contributed by atoms with Crippen molar-refractivity contribution in [2.75, 3.05) is 26.8 Å². The Hall–Kier alpha value is -0.910. The number of hydrogen-bond donors (Lipinski definition) is 1. The van der Waals surface area contributed by atoms with Crippen LogP contribution in [-0.2, 0) is 11.8 Å². The number of nitrogens with two attached hydrogens (primary N) is 1. The molecule has 0 aromatic carbocycles. The number of methoxy groups -OCH3 is 1. The molecule has 1 aromatic rings. The van der Waals surface area contributed by atoms with E-state index < -0.39 is 0 Å². The molecule has 1 rings (SSSR count). The standard InChI is InChI=1S/C12H24N4O/c1-5-16(10(2)9-17-4)8-12(13)11-6-14-15(3)7-11/h6-7,10,12H,5,8-9,13H2,1-4H3. The van der Waals surface area contributed by atoms with Gasteiger partial charge < -0.3 is 10.5 Å². The molecule has 0 aliphatic carbocycles. The summed E-state index contributed by atoms with van der Waals surface area (Å²) in [5, 5.41) is 4.15. The Bertz CT molecular complexity index is 326. The van der Waals surface area contributed by atoms with Crippen molar-refractivity contribution < 1.29 is 4.74 Å². The fraction of sp³-hybridized carbons (Fsp3) is 0.750. The highest BCUT2D eigenvalue weighted by atomic mass is 16.5. The van der Waals surface area contributed by atoms with Crippen LogP contribution in [0.4, 0.5) is 0 Å². The lowest BCUT2D eigenvalue weighted by Gasteiger charge is -2.29. The molecule has 17 heavy (non-hydrogen) atoms. The number of aryl methyl sites for hydroxylation is 1. The van der Waals surface area contributed by atoms with Gasteiger partial charge in [0, 0.05) is 44.5 Å². The molecule has 0 amide bonds. The van der Waals surface area contributed by atoms with Gasteiger partial charge in [-0.25, -0.2) is 0 Å². The molecular formula is C12H24N4O. The van der Waals surface area contributed by atoms with Gasteiger partial charge in [0.1, 0.15) is 0 Å². The predicted molar refractivity (Wildman–Crippen MR) is 68.7 cm³/mol. The number of aromatic nitrogens is 2. The zero-order chi connectivity index (χ0) is 12.8. The van der Waals surface area contributed by atoms with Gasteiger partial charge in [0.15, 0.2) is 0 Å². The monoisotopic (exact) mass is 240 g/mol. The topological polar surface area (TPSA) is 56.3 Å². The summed E-state index contributed by atoms with van der Waals surface area (Å²) in [7, 11) is 3.63. The number of nitrogens with zero attached hydrogens (tertiary/aromatic N) is 3. The average molecular weight is 240 g/mol. The fourth-order valence-electron chi connectivity index (χ4n) is 1.96. The molecule has 5 heteroatoms. The Morgan fingerprint density at radius 3 is 2.76 bits per heavy atom. The van der Waals surface area contributed by atoms with Crippen LogP contribution in [0.5, 0.6) is 0 Å². The van der Waals surface area contributed by atoms with Gasteiger partial charge in [-0.1, -0.05) is 6.92 Å². The second-order valence-corrected chi connectivity index (χ2v) is 4.45. The molecule has 0 spiro atoms. The highest BCUT2D eigenvalue weighted by Crippen LogP contribution is 2.12. The quantitative estimate of drug-likeness (QED) is 0.765. The lowest BCUT2D eigenvalue weighted by molar-refractivity contribution is 0.0986. The number of hydrogen-bond acceptors (Lipinski definition) is 4. The lowest BCUT2D eigenvalue weighted by Crippen LogP contribution is -2.40. The van der Waals surface area contributed by atoms with Gasteiger partial charge in [0.2, 0.25) is 0 Å². The van der Waals surface area contributed by atoms with Crippen molar-refractivity contribution in [3.8, 4) is 0 Å². The van der Waals surface area contributed by atoms with Crippen LogP contribution in [0.25, 0.3) is 0 Å². The maximum absolute atomic E-state index is 6.18. The maximum Gasteiger partial charge on any atom is 0.0615 e. The second kappa shape index (κ2) is 6.74. The first-order chi connectivity index (χ1) is 8.08. The zero-order valence-electron chi connectivity index (χ0n) is 11.3. The predicted octanol–water partition coefficient (Wildman–Crippen LogP) is 0.777. The Morgan fingerprint density at radius 2 is 2.29 bits per heavy atom. The van der Waals surface area contributed by atoms with Gasteiger partial charge >= 0.3 is 0 Å². The minimum atomic E-state index is 0.00274. The van der Waals surface area contributed by atoms with Crippen molar-refractivity contribution in [2.45, 2.75) is 25.9 Å². The summed E-state index contributed by atoms with van der Waals surface area (Å²) < 4.78 is 6.96. The first-order valence-electron chi connectivity index (χ1n) is 6.05. The van der Waals surface area contributed by atoms with Crippen LogP contribution in [-0.4, -0.2) is 47.5 Å². The van der Waals surface area contributed by atoms with E-state index in [0.29, 0.717) is 6.04 Å².